The Bertz CT molecular complexity index is 575. The van der Waals surface area contributed by atoms with Crippen LogP contribution in [0, 0.1) is 0 Å². The minimum absolute atomic E-state index is 0.0738. The molecule has 0 atom stereocenters. The van der Waals surface area contributed by atoms with Gasteiger partial charge in [-0.05, 0) is 12.1 Å². The summed E-state index contributed by atoms with van der Waals surface area (Å²) in [5, 5.41) is 16.6. The maximum atomic E-state index is 10.4. The van der Waals surface area contributed by atoms with Crippen LogP contribution in [0.2, 0.25) is 5.02 Å². The van der Waals surface area contributed by atoms with Crippen LogP contribution in [0.4, 0.5) is 0 Å². The topological polar surface area (TPSA) is 85.5 Å². The quantitative estimate of drug-likeness (QED) is 0.820. The Hall–Kier alpha value is -1.73. The van der Waals surface area contributed by atoms with E-state index in [1.54, 1.807) is 24.3 Å². The molecule has 0 fully saturated rings. The van der Waals surface area contributed by atoms with E-state index in [1.165, 1.54) is 0 Å². The Morgan fingerprint density at radius 3 is 2.95 bits per heavy atom. The van der Waals surface area contributed by atoms with E-state index < -0.39 is 5.97 Å². The van der Waals surface area contributed by atoms with Gasteiger partial charge in [0.05, 0.1) is 5.02 Å². The fraction of sp³-hybridized carbons (Fsp3) is 0.182. The van der Waals surface area contributed by atoms with E-state index >= 15 is 0 Å². The van der Waals surface area contributed by atoms with Gasteiger partial charge in [0.25, 0.3) is 11.1 Å². The number of hydrogen-bond donors (Lipinski definition) is 1. The molecule has 6 nitrogen and oxygen atoms in total. The molecule has 2 rings (SSSR count). The largest absolute Gasteiger partial charge is 0.482 e. The number of rotatable bonds is 6. The second-order valence-corrected chi connectivity index (χ2v) is 4.70. The number of benzene rings is 1. The highest BCUT2D eigenvalue weighted by Gasteiger charge is 2.10. The van der Waals surface area contributed by atoms with Crippen molar-refractivity contribution in [2.75, 3.05) is 5.75 Å². The number of nitrogens with zero attached hydrogens (tertiary/aromatic N) is 2. The van der Waals surface area contributed by atoms with Gasteiger partial charge in [0, 0.05) is 0 Å². The first kappa shape index (κ1) is 13.7. The third-order valence-corrected chi connectivity index (χ3v) is 3.07. The smallest absolute Gasteiger partial charge is 0.314 e. The van der Waals surface area contributed by atoms with Crippen molar-refractivity contribution in [3.05, 3.63) is 35.2 Å². The third-order valence-electron chi connectivity index (χ3n) is 1.96. The molecule has 1 heterocycles. The number of carbonyl (C=O) groups is 1. The van der Waals surface area contributed by atoms with Crippen LogP contribution in [0.15, 0.2) is 33.9 Å². The average Bonchev–Trinajstić information content (AvgIpc) is 2.83. The molecule has 1 aromatic heterocycles. The van der Waals surface area contributed by atoms with Crippen molar-refractivity contribution in [2.45, 2.75) is 11.8 Å². The summed E-state index contributed by atoms with van der Waals surface area (Å²) in [4.78, 5) is 10.4. The molecule has 0 saturated heterocycles. The Morgan fingerprint density at radius 2 is 2.21 bits per heavy atom. The first-order valence-electron chi connectivity index (χ1n) is 5.19. The summed E-state index contributed by atoms with van der Waals surface area (Å²) >= 11 is 6.87. The van der Waals surface area contributed by atoms with Gasteiger partial charge in [0.1, 0.15) is 11.5 Å². The van der Waals surface area contributed by atoms with Gasteiger partial charge in [-0.1, -0.05) is 35.5 Å². The maximum absolute atomic E-state index is 10.4. The van der Waals surface area contributed by atoms with Crippen molar-refractivity contribution < 1.29 is 19.1 Å². The summed E-state index contributed by atoms with van der Waals surface area (Å²) in [5.41, 5.74) is 0. The van der Waals surface area contributed by atoms with Gasteiger partial charge >= 0.3 is 5.97 Å². The Balaban J connectivity index is 1.90. The molecule has 1 aromatic carbocycles. The van der Waals surface area contributed by atoms with Crippen molar-refractivity contribution in [3.8, 4) is 5.75 Å². The van der Waals surface area contributed by atoms with E-state index in [2.05, 4.69) is 10.2 Å². The molecule has 0 bridgehead atoms. The van der Waals surface area contributed by atoms with E-state index in [9.17, 15) is 4.79 Å². The number of ether oxygens (including phenoxy) is 1. The van der Waals surface area contributed by atoms with Crippen LogP contribution in [-0.2, 0) is 11.4 Å². The number of para-hydroxylation sites is 1. The number of halogens is 1. The fourth-order valence-electron chi connectivity index (χ4n) is 1.18. The molecule has 0 aliphatic heterocycles. The lowest BCUT2D eigenvalue weighted by atomic mass is 10.3. The highest BCUT2D eigenvalue weighted by molar-refractivity contribution is 7.99. The van der Waals surface area contributed by atoms with Gasteiger partial charge < -0.3 is 14.3 Å². The van der Waals surface area contributed by atoms with Gasteiger partial charge in [-0.25, -0.2) is 0 Å². The Morgan fingerprint density at radius 1 is 1.42 bits per heavy atom. The summed E-state index contributed by atoms with van der Waals surface area (Å²) in [6.07, 6.45) is 0. The number of hydrogen-bond acceptors (Lipinski definition) is 6. The predicted molar refractivity (Wildman–Crippen MR) is 68.4 cm³/mol. The van der Waals surface area contributed by atoms with Crippen LogP contribution in [-0.4, -0.2) is 27.0 Å². The number of aliphatic carboxylic acids is 1. The molecule has 0 amide bonds. The summed E-state index contributed by atoms with van der Waals surface area (Å²) < 4.78 is 10.6. The van der Waals surface area contributed by atoms with E-state index in [0.717, 1.165) is 11.8 Å². The zero-order chi connectivity index (χ0) is 13.7. The Labute approximate surface area is 117 Å². The van der Waals surface area contributed by atoms with Crippen LogP contribution in [0.25, 0.3) is 0 Å². The molecule has 19 heavy (non-hydrogen) atoms. The standard InChI is InChI=1S/C11H9ClN2O4S/c12-7-3-1-2-4-8(7)17-5-9-13-14-11(18-9)19-6-10(15)16/h1-4H,5-6H2,(H,15,16). The second kappa shape index (κ2) is 6.44. The van der Waals surface area contributed by atoms with E-state index in [1.807, 2.05) is 0 Å². The Kier molecular flexibility index (Phi) is 4.64. The first-order valence-corrected chi connectivity index (χ1v) is 6.56. The van der Waals surface area contributed by atoms with Gasteiger partial charge in [0.2, 0.25) is 0 Å². The average molecular weight is 301 g/mol. The predicted octanol–water partition coefficient (Wildman–Crippen LogP) is 2.48. The van der Waals surface area contributed by atoms with Crippen LogP contribution in [0.3, 0.4) is 0 Å². The molecule has 100 valence electrons. The van der Waals surface area contributed by atoms with E-state index in [4.69, 9.17) is 25.9 Å². The number of thioether (sulfide) groups is 1. The lowest BCUT2D eigenvalue weighted by molar-refractivity contribution is -0.133. The number of carboxylic acids is 1. The van der Waals surface area contributed by atoms with Crippen molar-refractivity contribution in [2.24, 2.45) is 0 Å². The highest BCUT2D eigenvalue weighted by atomic mass is 35.5. The van der Waals surface area contributed by atoms with Crippen LogP contribution < -0.4 is 4.74 Å². The van der Waals surface area contributed by atoms with Crippen LogP contribution >= 0.6 is 23.4 Å². The lowest BCUT2D eigenvalue weighted by Crippen LogP contribution is -1.97. The van der Waals surface area contributed by atoms with Crippen molar-refractivity contribution in [1.82, 2.24) is 10.2 Å². The van der Waals surface area contributed by atoms with E-state index in [0.29, 0.717) is 10.8 Å². The van der Waals surface area contributed by atoms with Crippen molar-refractivity contribution in [3.63, 3.8) is 0 Å². The molecule has 0 aliphatic rings. The van der Waals surface area contributed by atoms with Gasteiger partial charge in [-0.2, -0.15) is 0 Å². The summed E-state index contributed by atoms with van der Waals surface area (Å²) in [5.74, 6) is -0.306. The zero-order valence-electron chi connectivity index (χ0n) is 9.58. The number of carboxylic acid groups (broad SMARTS) is 1. The minimum atomic E-state index is -0.947. The monoisotopic (exact) mass is 300 g/mol. The molecule has 0 spiro atoms. The highest BCUT2D eigenvalue weighted by Crippen LogP contribution is 2.24. The second-order valence-electron chi connectivity index (χ2n) is 3.36. The first-order chi connectivity index (χ1) is 9.15. The van der Waals surface area contributed by atoms with Crippen molar-refractivity contribution >= 4 is 29.3 Å². The molecule has 0 radical (unpaired) electrons. The molecular formula is C11H9ClN2O4S. The molecule has 0 aliphatic carbocycles. The maximum Gasteiger partial charge on any atom is 0.314 e. The summed E-state index contributed by atoms with van der Waals surface area (Å²) in [6.45, 7) is 0.0738. The third kappa shape index (κ3) is 4.15. The van der Waals surface area contributed by atoms with Gasteiger partial charge in [0.15, 0.2) is 6.61 Å². The van der Waals surface area contributed by atoms with Gasteiger partial charge in [-0.3, -0.25) is 4.79 Å². The van der Waals surface area contributed by atoms with Crippen LogP contribution in [0.1, 0.15) is 5.89 Å². The molecule has 8 heteroatoms. The van der Waals surface area contributed by atoms with Crippen LogP contribution in [0.5, 0.6) is 5.75 Å². The SMILES string of the molecule is O=C(O)CSc1nnc(COc2ccccc2Cl)o1. The lowest BCUT2D eigenvalue weighted by Gasteiger charge is -2.04. The molecule has 1 N–H and O–H groups in total. The van der Waals surface area contributed by atoms with Gasteiger partial charge in [-0.15, -0.1) is 10.2 Å². The normalized spacial score (nSPS) is 10.4. The summed E-state index contributed by atoms with van der Waals surface area (Å²) in [7, 11) is 0. The molecule has 2 aromatic rings. The molecular weight excluding hydrogens is 292 g/mol. The summed E-state index contributed by atoms with van der Waals surface area (Å²) in [6, 6.07) is 7.02. The zero-order valence-corrected chi connectivity index (χ0v) is 11.1. The number of aromatic nitrogens is 2. The molecule has 0 saturated carbocycles. The minimum Gasteiger partial charge on any atom is -0.482 e. The van der Waals surface area contributed by atoms with Crippen molar-refractivity contribution in [1.29, 1.82) is 0 Å². The fourth-order valence-corrected chi connectivity index (χ4v) is 1.87. The van der Waals surface area contributed by atoms with E-state index in [-0.39, 0.29) is 23.5 Å². The molecule has 0 unspecified atom stereocenters.